The molecule has 0 aliphatic heterocycles. The molecule has 3 heteroatoms. The van der Waals surface area contributed by atoms with Crippen molar-refractivity contribution in [2.75, 3.05) is 0 Å². The van der Waals surface area contributed by atoms with E-state index in [-0.39, 0.29) is 0 Å². The molecule has 0 aromatic carbocycles. The van der Waals surface area contributed by atoms with Gasteiger partial charge >= 0.3 is 0 Å². The van der Waals surface area contributed by atoms with E-state index in [0.29, 0.717) is 5.69 Å². The van der Waals surface area contributed by atoms with E-state index in [2.05, 4.69) is 9.98 Å². The molecule has 0 unspecified atom stereocenters. The third-order valence-corrected chi connectivity index (χ3v) is 1.37. The van der Waals surface area contributed by atoms with Crippen molar-refractivity contribution >= 4 is 11.8 Å². The third kappa shape index (κ3) is 1.72. The molecule has 0 amide bonds. The molecule has 3 nitrogen and oxygen atoms in total. The summed E-state index contributed by atoms with van der Waals surface area (Å²) in [7, 11) is 0. The Morgan fingerprint density at radius 1 is 1.73 bits per heavy atom. The Bertz CT molecular complexity index is 290. The summed E-state index contributed by atoms with van der Waals surface area (Å²) in [6, 6.07) is 3.49. The summed E-state index contributed by atoms with van der Waals surface area (Å²) in [5, 5.41) is 0. The SMILES string of the molecule is CCc1ncccc1N=C=O. The molecule has 0 fully saturated rings. The van der Waals surface area contributed by atoms with Gasteiger partial charge < -0.3 is 0 Å². The molecule has 0 N–H and O–H groups in total. The molecule has 1 heterocycles. The summed E-state index contributed by atoms with van der Waals surface area (Å²) < 4.78 is 0. The minimum atomic E-state index is 0.616. The molecular formula is C8H8N2O. The zero-order valence-corrected chi connectivity index (χ0v) is 6.24. The van der Waals surface area contributed by atoms with E-state index >= 15 is 0 Å². The van der Waals surface area contributed by atoms with E-state index in [4.69, 9.17) is 0 Å². The van der Waals surface area contributed by atoms with Crippen molar-refractivity contribution in [1.29, 1.82) is 0 Å². The topological polar surface area (TPSA) is 42.3 Å². The van der Waals surface area contributed by atoms with Crippen molar-refractivity contribution < 1.29 is 4.79 Å². The Balaban J connectivity index is 3.11. The fourth-order valence-corrected chi connectivity index (χ4v) is 0.853. The zero-order chi connectivity index (χ0) is 8.10. The van der Waals surface area contributed by atoms with Gasteiger partial charge in [0.2, 0.25) is 6.08 Å². The lowest BCUT2D eigenvalue weighted by molar-refractivity contribution is 0.565. The number of hydrogen-bond acceptors (Lipinski definition) is 3. The summed E-state index contributed by atoms with van der Waals surface area (Å²) in [5.41, 5.74) is 1.45. The van der Waals surface area contributed by atoms with E-state index in [0.717, 1.165) is 12.1 Å². The van der Waals surface area contributed by atoms with E-state index in [1.165, 1.54) is 6.08 Å². The van der Waals surface area contributed by atoms with E-state index in [9.17, 15) is 4.79 Å². The van der Waals surface area contributed by atoms with Gasteiger partial charge in [-0.05, 0) is 18.6 Å². The lowest BCUT2D eigenvalue weighted by Crippen LogP contribution is -1.84. The number of pyridine rings is 1. The van der Waals surface area contributed by atoms with Gasteiger partial charge in [0.15, 0.2) is 0 Å². The molecule has 0 aliphatic rings. The summed E-state index contributed by atoms with van der Waals surface area (Å²) in [6.07, 6.45) is 3.96. The first-order valence-electron chi connectivity index (χ1n) is 3.40. The van der Waals surface area contributed by atoms with Crippen LogP contribution in [-0.4, -0.2) is 11.1 Å². The second-order valence-electron chi connectivity index (χ2n) is 2.03. The lowest BCUT2D eigenvalue weighted by atomic mass is 10.2. The Morgan fingerprint density at radius 3 is 3.18 bits per heavy atom. The number of aliphatic imine (C=N–C) groups is 1. The van der Waals surface area contributed by atoms with Crippen LogP contribution in [0.15, 0.2) is 23.3 Å². The molecule has 0 saturated carbocycles. The summed E-state index contributed by atoms with van der Waals surface area (Å²) >= 11 is 0. The first-order chi connectivity index (χ1) is 5.38. The number of aryl methyl sites for hydroxylation is 1. The van der Waals surface area contributed by atoms with Gasteiger partial charge in [0.05, 0.1) is 11.4 Å². The molecule has 0 bridgehead atoms. The normalized spacial score (nSPS) is 8.82. The molecular weight excluding hydrogens is 140 g/mol. The Kier molecular flexibility index (Phi) is 2.53. The van der Waals surface area contributed by atoms with Crippen LogP contribution in [0.1, 0.15) is 12.6 Å². The second-order valence-corrected chi connectivity index (χ2v) is 2.03. The fourth-order valence-electron chi connectivity index (χ4n) is 0.853. The van der Waals surface area contributed by atoms with Gasteiger partial charge in [-0.25, -0.2) is 4.79 Å². The first-order valence-corrected chi connectivity index (χ1v) is 3.40. The highest BCUT2D eigenvalue weighted by Crippen LogP contribution is 2.14. The maximum absolute atomic E-state index is 9.92. The molecule has 0 radical (unpaired) electrons. The highest BCUT2D eigenvalue weighted by molar-refractivity contribution is 5.50. The Labute approximate surface area is 64.8 Å². The Hall–Kier alpha value is -1.47. The quantitative estimate of drug-likeness (QED) is 0.472. The van der Waals surface area contributed by atoms with Crippen LogP contribution in [0, 0.1) is 0 Å². The minimum Gasteiger partial charge on any atom is -0.259 e. The molecule has 11 heavy (non-hydrogen) atoms. The van der Waals surface area contributed by atoms with Gasteiger partial charge in [0, 0.05) is 6.20 Å². The van der Waals surface area contributed by atoms with Crippen molar-refractivity contribution in [3.63, 3.8) is 0 Å². The molecule has 0 atom stereocenters. The number of isocyanates is 1. The van der Waals surface area contributed by atoms with Crippen LogP contribution in [0.2, 0.25) is 0 Å². The number of nitrogens with zero attached hydrogens (tertiary/aromatic N) is 2. The van der Waals surface area contributed by atoms with Crippen LogP contribution in [-0.2, 0) is 11.2 Å². The maximum atomic E-state index is 9.92. The highest BCUT2D eigenvalue weighted by Gasteiger charge is 1.96. The lowest BCUT2D eigenvalue weighted by Gasteiger charge is -1.96. The second kappa shape index (κ2) is 3.64. The summed E-state index contributed by atoms with van der Waals surface area (Å²) in [4.78, 5) is 17.5. The smallest absolute Gasteiger partial charge is 0.240 e. The number of hydrogen-bond donors (Lipinski definition) is 0. The van der Waals surface area contributed by atoms with Gasteiger partial charge in [-0.2, -0.15) is 4.99 Å². The maximum Gasteiger partial charge on any atom is 0.240 e. The molecule has 0 aliphatic carbocycles. The molecule has 1 aromatic heterocycles. The Morgan fingerprint density at radius 2 is 2.55 bits per heavy atom. The first kappa shape index (κ1) is 7.63. The molecule has 1 aromatic rings. The standard InChI is InChI=1S/C8H8N2O/c1-2-7-8(10-6-11)4-3-5-9-7/h3-5H,2H2,1H3. The van der Waals surface area contributed by atoms with Gasteiger partial charge in [0.1, 0.15) is 0 Å². The average molecular weight is 148 g/mol. The highest BCUT2D eigenvalue weighted by atomic mass is 16.1. The largest absolute Gasteiger partial charge is 0.259 e. The zero-order valence-electron chi connectivity index (χ0n) is 6.24. The van der Waals surface area contributed by atoms with Crippen LogP contribution >= 0.6 is 0 Å². The fraction of sp³-hybridized carbons (Fsp3) is 0.250. The van der Waals surface area contributed by atoms with E-state index < -0.39 is 0 Å². The number of rotatable bonds is 2. The van der Waals surface area contributed by atoms with Crippen LogP contribution in [0.5, 0.6) is 0 Å². The van der Waals surface area contributed by atoms with Gasteiger partial charge in [-0.15, -0.1) is 0 Å². The molecule has 0 spiro atoms. The molecule has 1 rings (SSSR count). The van der Waals surface area contributed by atoms with Gasteiger partial charge in [-0.1, -0.05) is 6.92 Å². The predicted octanol–water partition coefficient (Wildman–Crippen LogP) is 1.61. The van der Waals surface area contributed by atoms with Crippen molar-refractivity contribution in [1.82, 2.24) is 4.98 Å². The van der Waals surface area contributed by atoms with E-state index in [1.54, 1.807) is 18.3 Å². The monoisotopic (exact) mass is 148 g/mol. The molecule has 0 saturated heterocycles. The summed E-state index contributed by atoms with van der Waals surface area (Å²) in [5.74, 6) is 0. The molecule has 56 valence electrons. The minimum absolute atomic E-state index is 0.616. The van der Waals surface area contributed by atoms with Gasteiger partial charge in [-0.3, -0.25) is 4.98 Å². The predicted molar refractivity (Wildman–Crippen MR) is 41.4 cm³/mol. The van der Waals surface area contributed by atoms with Crippen molar-refractivity contribution in [3.05, 3.63) is 24.0 Å². The van der Waals surface area contributed by atoms with E-state index in [1.807, 2.05) is 6.92 Å². The van der Waals surface area contributed by atoms with Crippen LogP contribution in [0.25, 0.3) is 0 Å². The average Bonchev–Trinajstić information content (AvgIpc) is 2.06. The summed E-state index contributed by atoms with van der Waals surface area (Å²) in [6.45, 7) is 1.96. The number of aromatic nitrogens is 1. The van der Waals surface area contributed by atoms with Crippen LogP contribution in [0.3, 0.4) is 0 Å². The van der Waals surface area contributed by atoms with Crippen molar-refractivity contribution in [3.8, 4) is 0 Å². The van der Waals surface area contributed by atoms with Crippen LogP contribution < -0.4 is 0 Å². The van der Waals surface area contributed by atoms with Crippen LogP contribution in [0.4, 0.5) is 5.69 Å². The van der Waals surface area contributed by atoms with Crippen molar-refractivity contribution in [2.45, 2.75) is 13.3 Å². The third-order valence-electron chi connectivity index (χ3n) is 1.37. The van der Waals surface area contributed by atoms with Crippen molar-refractivity contribution in [2.24, 2.45) is 4.99 Å². The van der Waals surface area contributed by atoms with Gasteiger partial charge in [0.25, 0.3) is 0 Å². The number of carbonyl (C=O) groups excluding carboxylic acids is 1.